The number of rotatable bonds is 14. The predicted molar refractivity (Wildman–Crippen MR) is 120 cm³/mol. The van der Waals surface area contributed by atoms with Gasteiger partial charge in [0.15, 0.2) is 11.5 Å². The Kier molecular flexibility index (Phi) is 10.4. The molecule has 2 rings (SSSR count). The van der Waals surface area contributed by atoms with Crippen LogP contribution in [0.4, 0.5) is 0 Å². The summed E-state index contributed by atoms with van der Waals surface area (Å²) in [4.78, 5) is 0. The van der Waals surface area contributed by atoms with E-state index in [-0.39, 0.29) is 6.10 Å². The minimum Gasteiger partial charge on any atom is -0.493 e. The molecule has 0 radical (unpaired) electrons. The highest BCUT2D eigenvalue weighted by Gasteiger charge is 2.06. The van der Waals surface area contributed by atoms with Gasteiger partial charge >= 0.3 is 0 Å². The van der Waals surface area contributed by atoms with Crippen LogP contribution in [0, 0.1) is 0 Å². The van der Waals surface area contributed by atoms with E-state index in [1.165, 1.54) is 36.8 Å². The standard InChI is InChI=1S/C25H37NO3/c1-5-6-7-8-9-16-28-24-15-12-22(17-25(24)27-4)19-26-18-21-10-13-23(14-11-21)29-20(2)3/h10-15,17,20,26H,5-9,16,18-19H2,1-4H3. The lowest BCUT2D eigenvalue weighted by atomic mass is 10.1. The van der Waals surface area contributed by atoms with E-state index >= 15 is 0 Å². The Morgan fingerprint density at radius 3 is 2.21 bits per heavy atom. The van der Waals surface area contributed by atoms with Gasteiger partial charge in [-0.05, 0) is 55.7 Å². The van der Waals surface area contributed by atoms with Crippen LogP contribution in [-0.4, -0.2) is 19.8 Å². The van der Waals surface area contributed by atoms with Crippen LogP contribution in [-0.2, 0) is 13.1 Å². The SMILES string of the molecule is CCCCCCCOc1ccc(CNCc2ccc(OC(C)C)cc2)cc1OC. The van der Waals surface area contributed by atoms with Gasteiger partial charge in [0, 0.05) is 13.1 Å². The van der Waals surface area contributed by atoms with Crippen LogP contribution < -0.4 is 19.5 Å². The molecule has 2 aromatic carbocycles. The molecule has 0 spiro atoms. The summed E-state index contributed by atoms with van der Waals surface area (Å²) in [5.74, 6) is 2.54. The maximum atomic E-state index is 5.92. The lowest BCUT2D eigenvalue weighted by Gasteiger charge is -2.13. The molecular formula is C25H37NO3. The van der Waals surface area contributed by atoms with Crippen molar-refractivity contribution < 1.29 is 14.2 Å². The first kappa shape index (κ1) is 23.1. The van der Waals surface area contributed by atoms with Crippen LogP contribution in [0.25, 0.3) is 0 Å². The fourth-order valence-corrected chi connectivity index (χ4v) is 3.14. The second-order valence-electron chi connectivity index (χ2n) is 7.66. The molecule has 2 aromatic rings. The summed E-state index contributed by atoms with van der Waals surface area (Å²) in [7, 11) is 1.70. The second-order valence-corrected chi connectivity index (χ2v) is 7.66. The van der Waals surface area contributed by atoms with Crippen molar-refractivity contribution in [3.63, 3.8) is 0 Å². The molecule has 160 valence electrons. The molecule has 0 aliphatic rings. The summed E-state index contributed by atoms with van der Waals surface area (Å²) in [6, 6.07) is 14.4. The summed E-state index contributed by atoms with van der Waals surface area (Å²) in [5, 5.41) is 3.48. The van der Waals surface area contributed by atoms with Gasteiger partial charge in [0.2, 0.25) is 0 Å². The third-order valence-electron chi connectivity index (χ3n) is 4.69. The molecule has 0 fully saturated rings. The Morgan fingerprint density at radius 2 is 1.52 bits per heavy atom. The number of nitrogens with one attached hydrogen (secondary N) is 1. The highest BCUT2D eigenvalue weighted by Crippen LogP contribution is 2.28. The molecule has 0 aliphatic carbocycles. The van der Waals surface area contributed by atoms with Crippen molar-refractivity contribution in [3.05, 3.63) is 53.6 Å². The largest absolute Gasteiger partial charge is 0.493 e. The van der Waals surface area contributed by atoms with Gasteiger partial charge in [-0.2, -0.15) is 0 Å². The fourth-order valence-electron chi connectivity index (χ4n) is 3.14. The smallest absolute Gasteiger partial charge is 0.161 e. The van der Waals surface area contributed by atoms with Gasteiger partial charge < -0.3 is 19.5 Å². The van der Waals surface area contributed by atoms with Crippen LogP contribution in [0.1, 0.15) is 64.0 Å². The van der Waals surface area contributed by atoms with Gasteiger partial charge in [-0.25, -0.2) is 0 Å². The number of benzene rings is 2. The fraction of sp³-hybridized carbons (Fsp3) is 0.520. The molecule has 4 heteroatoms. The van der Waals surface area contributed by atoms with Crippen LogP contribution in [0.5, 0.6) is 17.2 Å². The van der Waals surface area contributed by atoms with Gasteiger partial charge in [-0.15, -0.1) is 0 Å². The number of ether oxygens (including phenoxy) is 3. The average Bonchev–Trinajstić information content (AvgIpc) is 2.72. The molecule has 0 aromatic heterocycles. The molecular weight excluding hydrogens is 362 g/mol. The van der Waals surface area contributed by atoms with Crippen LogP contribution in [0.3, 0.4) is 0 Å². The zero-order chi connectivity index (χ0) is 20.9. The van der Waals surface area contributed by atoms with Gasteiger partial charge in [-0.3, -0.25) is 0 Å². The minimum atomic E-state index is 0.196. The van der Waals surface area contributed by atoms with E-state index in [1.54, 1.807) is 7.11 Å². The van der Waals surface area contributed by atoms with E-state index in [0.29, 0.717) is 0 Å². The number of hydrogen-bond acceptors (Lipinski definition) is 4. The molecule has 29 heavy (non-hydrogen) atoms. The number of hydrogen-bond donors (Lipinski definition) is 1. The van der Waals surface area contributed by atoms with Gasteiger partial charge in [0.1, 0.15) is 5.75 Å². The summed E-state index contributed by atoms with van der Waals surface area (Å²) in [5.41, 5.74) is 2.41. The molecule has 0 heterocycles. The van der Waals surface area contributed by atoms with E-state index in [0.717, 1.165) is 43.4 Å². The van der Waals surface area contributed by atoms with E-state index in [4.69, 9.17) is 14.2 Å². The molecule has 0 saturated carbocycles. The second kappa shape index (κ2) is 13.1. The van der Waals surface area contributed by atoms with Crippen molar-refractivity contribution in [2.75, 3.05) is 13.7 Å². The molecule has 0 aliphatic heterocycles. The summed E-state index contributed by atoms with van der Waals surface area (Å²) in [6.45, 7) is 8.63. The maximum absolute atomic E-state index is 5.92. The lowest BCUT2D eigenvalue weighted by Crippen LogP contribution is -2.13. The quantitative estimate of drug-likeness (QED) is 0.388. The summed E-state index contributed by atoms with van der Waals surface area (Å²) < 4.78 is 17.1. The Morgan fingerprint density at radius 1 is 0.828 bits per heavy atom. The average molecular weight is 400 g/mol. The van der Waals surface area contributed by atoms with Crippen molar-refractivity contribution in [1.29, 1.82) is 0 Å². The van der Waals surface area contributed by atoms with E-state index in [9.17, 15) is 0 Å². The van der Waals surface area contributed by atoms with Crippen LogP contribution in [0.15, 0.2) is 42.5 Å². The minimum absolute atomic E-state index is 0.196. The van der Waals surface area contributed by atoms with E-state index in [2.05, 4.69) is 36.5 Å². The van der Waals surface area contributed by atoms with Crippen LogP contribution >= 0.6 is 0 Å². The zero-order valence-electron chi connectivity index (χ0n) is 18.5. The first-order valence-electron chi connectivity index (χ1n) is 10.9. The molecule has 1 N–H and O–H groups in total. The van der Waals surface area contributed by atoms with Gasteiger partial charge in [-0.1, -0.05) is 50.8 Å². The lowest BCUT2D eigenvalue weighted by molar-refractivity contribution is 0.242. The Bertz CT molecular complexity index is 698. The van der Waals surface area contributed by atoms with E-state index in [1.807, 2.05) is 32.0 Å². The molecule has 0 bridgehead atoms. The normalized spacial score (nSPS) is 10.9. The van der Waals surface area contributed by atoms with Gasteiger partial charge in [0.05, 0.1) is 19.8 Å². The van der Waals surface area contributed by atoms with Crippen molar-refractivity contribution in [2.24, 2.45) is 0 Å². The molecule has 4 nitrogen and oxygen atoms in total. The first-order chi connectivity index (χ1) is 14.1. The molecule has 0 atom stereocenters. The first-order valence-corrected chi connectivity index (χ1v) is 10.9. The topological polar surface area (TPSA) is 39.7 Å². The molecule has 0 amide bonds. The Labute approximate surface area is 176 Å². The van der Waals surface area contributed by atoms with E-state index < -0.39 is 0 Å². The van der Waals surface area contributed by atoms with Gasteiger partial charge in [0.25, 0.3) is 0 Å². The third kappa shape index (κ3) is 8.78. The van der Waals surface area contributed by atoms with Crippen molar-refractivity contribution >= 4 is 0 Å². The molecule has 0 saturated heterocycles. The maximum Gasteiger partial charge on any atom is 0.161 e. The van der Waals surface area contributed by atoms with Crippen molar-refractivity contribution in [3.8, 4) is 17.2 Å². The monoisotopic (exact) mass is 399 g/mol. The highest BCUT2D eigenvalue weighted by molar-refractivity contribution is 5.43. The number of unbranched alkanes of at least 4 members (excludes halogenated alkanes) is 4. The zero-order valence-corrected chi connectivity index (χ0v) is 18.5. The number of methoxy groups -OCH3 is 1. The highest BCUT2D eigenvalue weighted by atomic mass is 16.5. The predicted octanol–water partition coefficient (Wildman–Crippen LogP) is 6.12. The van der Waals surface area contributed by atoms with Crippen molar-refractivity contribution in [2.45, 2.75) is 72.1 Å². The van der Waals surface area contributed by atoms with Crippen molar-refractivity contribution in [1.82, 2.24) is 5.32 Å². The summed E-state index contributed by atoms with van der Waals surface area (Å²) in [6.07, 6.45) is 6.37. The Balaban J connectivity index is 1.77. The Hall–Kier alpha value is -2.20. The third-order valence-corrected chi connectivity index (χ3v) is 4.69. The molecule has 0 unspecified atom stereocenters. The summed E-state index contributed by atoms with van der Waals surface area (Å²) >= 11 is 0. The van der Waals surface area contributed by atoms with Crippen LogP contribution in [0.2, 0.25) is 0 Å².